The van der Waals surface area contributed by atoms with Gasteiger partial charge in [-0.25, -0.2) is 0 Å². The first-order valence-corrected chi connectivity index (χ1v) is 9.95. The number of nitrogens with zero attached hydrogens (tertiary/aromatic N) is 2. The smallest absolute Gasteiger partial charge is 0.251 e. The van der Waals surface area contributed by atoms with Gasteiger partial charge in [0.15, 0.2) is 0 Å². The van der Waals surface area contributed by atoms with Crippen molar-refractivity contribution in [3.8, 4) is 0 Å². The Morgan fingerprint density at radius 2 is 1.89 bits per heavy atom. The molecule has 0 spiro atoms. The Morgan fingerprint density at radius 3 is 2.67 bits per heavy atom. The molecule has 2 amide bonds. The molecule has 6 nitrogen and oxygen atoms in total. The summed E-state index contributed by atoms with van der Waals surface area (Å²) in [5.74, 6) is 0.290. The highest BCUT2D eigenvalue weighted by molar-refractivity contribution is 5.83. The van der Waals surface area contributed by atoms with E-state index in [9.17, 15) is 9.59 Å². The molecule has 1 N–H and O–H groups in total. The predicted octanol–water partition coefficient (Wildman–Crippen LogP) is 2.34. The monoisotopic (exact) mass is 369 g/mol. The molecule has 0 unspecified atom stereocenters. The van der Waals surface area contributed by atoms with Gasteiger partial charge in [-0.3, -0.25) is 9.59 Å². The van der Waals surface area contributed by atoms with E-state index in [1.165, 1.54) is 10.9 Å². The molecule has 0 bridgehead atoms. The third kappa shape index (κ3) is 4.00. The van der Waals surface area contributed by atoms with Crippen LogP contribution in [0.2, 0.25) is 0 Å². The fraction of sp³-hybridized carbons (Fsp3) is 0.524. The van der Waals surface area contributed by atoms with Crippen LogP contribution >= 0.6 is 0 Å². The molecule has 3 heterocycles. The van der Waals surface area contributed by atoms with Crippen LogP contribution in [0.25, 0.3) is 10.9 Å². The highest BCUT2D eigenvalue weighted by atomic mass is 16.5. The number of carbonyl (C=O) groups excluding carboxylic acids is 2. The Balaban J connectivity index is 1.22. The summed E-state index contributed by atoms with van der Waals surface area (Å²) in [7, 11) is 0. The highest BCUT2D eigenvalue weighted by Gasteiger charge is 2.31. The molecule has 2 fully saturated rings. The number of carbonyl (C=O) groups is 2. The van der Waals surface area contributed by atoms with Crippen LogP contribution in [-0.2, 0) is 20.7 Å². The zero-order valence-corrected chi connectivity index (χ0v) is 15.7. The van der Waals surface area contributed by atoms with Crippen molar-refractivity contribution in [2.45, 2.75) is 38.2 Å². The molecule has 0 radical (unpaired) electrons. The van der Waals surface area contributed by atoms with Gasteiger partial charge in [-0.05, 0) is 37.3 Å². The van der Waals surface area contributed by atoms with Crippen LogP contribution in [0.3, 0.4) is 0 Å². The summed E-state index contributed by atoms with van der Waals surface area (Å²) in [4.78, 5) is 31.9. The first-order chi connectivity index (χ1) is 13.2. The van der Waals surface area contributed by atoms with E-state index in [4.69, 9.17) is 4.74 Å². The van der Waals surface area contributed by atoms with Crippen LogP contribution in [0.15, 0.2) is 30.5 Å². The first kappa shape index (κ1) is 18.0. The molecule has 2 aliphatic rings. The molecule has 4 rings (SSSR count). The fourth-order valence-corrected chi connectivity index (χ4v) is 4.08. The number of aryl methyl sites for hydroxylation is 1. The number of aromatic nitrogens is 1. The summed E-state index contributed by atoms with van der Waals surface area (Å²) < 4.78 is 5.49. The molecule has 2 saturated heterocycles. The third-order valence-corrected chi connectivity index (χ3v) is 5.66. The maximum Gasteiger partial charge on any atom is 0.251 e. The van der Waals surface area contributed by atoms with Crippen LogP contribution in [0.1, 0.15) is 31.2 Å². The maximum atomic E-state index is 12.5. The molecule has 1 atom stereocenters. The number of benzene rings is 1. The molecule has 0 saturated carbocycles. The van der Waals surface area contributed by atoms with E-state index in [0.29, 0.717) is 39.2 Å². The standard InChI is InChI=1S/C21H27N3O3/c25-20(9-3-5-16-15-22-18-7-2-1-6-17(16)18)23-10-12-24(13-11-23)21(26)19-8-4-14-27-19/h1-2,6-7,15,19,22H,3-5,8-14H2/t19-/m0/s1. The van der Waals surface area contributed by atoms with Gasteiger partial charge in [-0.1, -0.05) is 18.2 Å². The van der Waals surface area contributed by atoms with Crippen molar-refractivity contribution in [3.05, 3.63) is 36.0 Å². The zero-order chi connectivity index (χ0) is 18.6. The van der Waals surface area contributed by atoms with Gasteiger partial charge < -0.3 is 19.5 Å². The molecule has 27 heavy (non-hydrogen) atoms. The molecular weight excluding hydrogens is 342 g/mol. The third-order valence-electron chi connectivity index (χ3n) is 5.66. The van der Waals surface area contributed by atoms with E-state index in [1.54, 1.807) is 0 Å². The Hall–Kier alpha value is -2.34. The van der Waals surface area contributed by atoms with Crippen molar-refractivity contribution >= 4 is 22.7 Å². The van der Waals surface area contributed by atoms with Crippen molar-refractivity contribution < 1.29 is 14.3 Å². The number of hydrogen-bond acceptors (Lipinski definition) is 3. The summed E-state index contributed by atoms with van der Waals surface area (Å²) in [5, 5.41) is 1.24. The Kier molecular flexibility index (Phi) is 5.43. The maximum absolute atomic E-state index is 12.5. The Morgan fingerprint density at radius 1 is 1.11 bits per heavy atom. The summed E-state index contributed by atoms with van der Waals surface area (Å²) in [5.41, 5.74) is 2.41. The lowest BCUT2D eigenvalue weighted by Gasteiger charge is -2.35. The zero-order valence-electron chi connectivity index (χ0n) is 15.7. The SMILES string of the molecule is O=C(CCCc1c[nH]c2ccccc12)N1CCN(C(=O)[C@@H]2CCCO2)CC1. The average Bonchev–Trinajstić information content (AvgIpc) is 3.38. The summed E-state index contributed by atoms with van der Waals surface area (Å²) >= 11 is 0. The number of hydrogen-bond donors (Lipinski definition) is 1. The van der Waals surface area contributed by atoms with Gasteiger partial charge >= 0.3 is 0 Å². The van der Waals surface area contributed by atoms with E-state index < -0.39 is 0 Å². The summed E-state index contributed by atoms with van der Waals surface area (Å²) in [6.07, 6.45) is 5.87. The second kappa shape index (κ2) is 8.13. The predicted molar refractivity (Wildman–Crippen MR) is 103 cm³/mol. The molecule has 2 aliphatic heterocycles. The second-order valence-electron chi connectivity index (χ2n) is 7.42. The van der Waals surface area contributed by atoms with Gasteiger partial charge in [-0.2, -0.15) is 0 Å². The molecule has 2 aromatic rings. The number of nitrogens with one attached hydrogen (secondary N) is 1. The lowest BCUT2D eigenvalue weighted by Crippen LogP contribution is -2.52. The van der Waals surface area contributed by atoms with Gasteiger partial charge in [0.05, 0.1) is 0 Å². The number of para-hydroxylation sites is 1. The van der Waals surface area contributed by atoms with Crippen molar-refractivity contribution in [2.75, 3.05) is 32.8 Å². The quantitative estimate of drug-likeness (QED) is 0.880. The van der Waals surface area contributed by atoms with E-state index in [0.717, 1.165) is 31.2 Å². The lowest BCUT2D eigenvalue weighted by molar-refractivity contribution is -0.146. The van der Waals surface area contributed by atoms with Gasteiger partial charge in [0.2, 0.25) is 5.91 Å². The molecule has 6 heteroatoms. The molecule has 144 valence electrons. The number of ether oxygens (including phenoxy) is 1. The Labute approximate surface area is 159 Å². The number of aromatic amines is 1. The normalized spacial score (nSPS) is 20.4. The highest BCUT2D eigenvalue weighted by Crippen LogP contribution is 2.20. The fourth-order valence-electron chi connectivity index (χ4n) is 4.08. The second-order valence-corrected chi connectivity index (χ2v) is 7.42. The van der Waals surface area contributed by atoms with Crippen molar-refractivity contribution in [2.24, 2.45) is 0 Å². The summed E-state index contributed by atoms with van der Waals surface area (Å²) in [6.45, 7) is 3.18. The van der Waals surface area contributed by atoms with Crippen LogP contribution in [0.4, 0.5) is 0 Å². The molecule has 0 aliphatic carbocycles. The van der Waals surface area contributed by atoms with E-state index in [2.05, 4.69) is 17.1 Å². The molecular formula is C21H27N3O3. The van der Waals surface area contributed by atoms with E-state index in [-0.39, 0.29) is 17.9 Å². The van der Waals surface area contributed by atoms with Gasteiger partial charge in [-0.15, -0.1) is 0 Å². The topological polar surface area (TPSA) is 65.6 Å². The van der Waals surface area contributed by atoms with Gasteiger partial charge in [0, 0.05) is 56.3 Å². The van der Waals surface area contributed by atoms with Crippen molar-refractivity contribution in [1.82, 2.24) is 14.8 Å². The number of H-pyrrole nitrogens is 1. The van der Waals surface area contributed by atoms with Crippen LogP contribution in [0, 0.1) is 0 Å². The van der Waals surface area contributed by atoms with E-state index >= 15 is 0 Å². The van der Waals surface area contributed by atoms with Crippen molar-refractivity contribution in [1.29, 1.82) is 0 Å². The van der Waals surface area contributed by atoms with Crippen molar-refractivity contribution in [3.63, 3.8) is 0 Å². The van der Waals surface area contributed by atoms with Crippen LogP contribution in [0.5, 0.6) is 0 Å². The van der Waals surface area contributed by atoms with Gasteiger partial charge in [0.25, 0.3) is 5.91 Å². The number of rotatable bonds is 5. The van der Waals surface area contributed by atoms with Crippen LogP contribution in [-0.4, -0.2) is 65.5 Å². The number of fused-ring (bicyclic) bond motifs is 1. The molecule has 1 aromatic carbocycles. The lowest BCUT2D eigenvalue weighted by atomic mass is 10.1. The Bertz CT molecular complexity index is 802. The number of piperazine rings is 1. The minimum absolute atomic E-state index is 0.0962. The minimum atomic E-state index is -0.261. The minimum Gasteiger partial charge on any atom is -0.368 e. The summed E-state index contributed by atoms with van der Waals surface area (Å²) in [6, 6.07) is 8.26. The van der Waals surface area contributed by atoms with E-state index in [1.807, 2.05) is 28.1 Å². The van der Waals surface area contributed by atoms with Crippen LogP contribution < -0.4 is 0 Å². The largest absolute Gasteiger partial charge is 0.368 e. The van der Waals surface area contributed by atoms with Gasteiger partial charge in [0.1, 0.15) is 6.10 Å². The first-order valence-electron chi connectivity index (χ1n) is 9.95. The number of amides is 2. The average molecular weight is 369 g/mol. The molecule has 1 aromatic heterocycles.